The largest absolute Gasteiger partial charge is 0.343 e. The number of hydrogen-bond donors (Lipinski definition) is 0. The van der Waals surface area contributed by atoms with Crippen molar-refractivity contribution in [2.75, 3.05) is 26.2 Å². The second-order valence-corrected chi connectivity index (χ2v) is 11.3. The molecule has 0 unspecified atom stereocenters. The highest BCUT2D eigenvalue weighted by atomic mass is 16.2. The Balaban J connectivity index is 1.32. The van der Waals surface area contributed by atoms with Crippen molar-refractivity contribution in [1.29, 1.82) is 0 Å². The first kappa shape index (κ1) is 25.0. The second-order valence-electron chi connectivity index (χ2n) is 11.3. The Morgan fingerprint density at radius 1 is 0.861 bits per heavy atom. The van der Waals surface area contributed by atoms with E-state index in [9.17, 15) is 19.2 Å². The van der Waals surface area contributed by atoms with Gasteiger partial charge in [0.05, 0.1) is 5.41 Å². The van der Waals surface area contributed by atoms with Crippen molar-refractivity contribution in [2.24, 2.45) is 5.92 Å². The Kier molecular flexibility index (Phi) is 7.18. The minimum Gasteiger partial charge on any atom is -0.343 e. The number of rotatable bonds is 5. The number of nitrogens with zero attached hydrogens (tertiary/aromatic N) is 3. The smallest absolute Gasteiger partial charge is 0.241 e. The normalized spacial score (nSPS) is 26.2. The monoisotopic (exact) mass is 493 g/mol. The van der Waals surface area contributed by atoms with E-state index in [0.29, 0.717) is 25.9 Å². The summed E-state index contributed by atoms with van der Waals surface area (Å²) in [5, 5.41) is 0. The topological polar surface area (TPSA) is 78.0 Å². The van der Waals surface area contributed by atoms with Gasteiger partial charge in [-0.15, -0.1) is 0 Å². The number of aryl methyl sites for hydroxylation is 1. The molecule has 1 aliphatic carbocycles. The predicted molar refractivity (Wildman–Crippen MR) is 136 cm³/mol. The van der Waals surface area contributed by atoms with Gasteiger partial charge >= 0.3 is 0 Å². The zero-order valence-corrected chi connectivity index (χ0v) is 21.5. The van der Waals surface area contributed by atoms with E-state index in [-0.39, 0.29) is 48.4 Å². The fraction of sp³-hybridized carbons (Fsp3) is 0.655. The summed E-state index contributed by atoms with van der Waals surface area (Å²) in [5.74, 6) is -0.213. The Morgan fingerprint density at radius 2 is 1.53 bits per heavy atom. The van der Waals surface area contributed by atoms with Crippen molar-refractivity contribution < 1.29 is 19.2 Å². The maximum atomic E-state index is 14.0. The number of amides is 4. The molecule has 194 valence electrons. The van der Waals surface area contributed by atoms with Crippen LogP contribution in [0.2, 0.25) is 0 Å². The quantitative estimate of drug-likeness (QED) is 0.588. The summed E-state index contributed by atoms with van der Waals surface area (Å²) in [6, 6.07) is 7.64. The summed E-state index contributed by atoms with van der Waals surface area (Å²) in [6.07, 6.45) is 8.52. The average Bonchev–Trinajstić information content (AvgIpc) is 3.50. The molecule has 3 aliphatic heterocycles. The van der Waals surface area contributed by atoms with Gasteiger partial charge in [-0.25, -0.2) is 0 Å². The molecule has 7 nitrogen and oxygen atoms in total. The van der Waals surface area contributed by atoms with Gasteiger partial charge in [0.2, 0.25) is 23.6 Å². The van der Waals surface area contributed by atoms with E-state index in [1.807, 2.05) is 41.0 Å². The molecule has 0 bridgehead atoms. The Morgan fingerprint density at radius 3 is 2.19 bits per heavy atom. The molecule has 1 aromatic carbocycles. The molecule has 0 aromatic heterocycles. The number of benzene rings is 1. The Hall–Kier alpha value is -2.70. The van der Waals surface area contributed by atoms with E-state index in [2.05, 4.69) is 0 Å². The second kappa shape index (κ2) is 10.3. The molecule has 0 N–H and O–H groups in total. The third-order valence-electron chi connectivity index (χ3n) is 9.02. The lowest BCUT2D eigenvalue weighted by Gasteiger charge is -2.37. The molecule has 36 heavy (non-hydrogen) atoms. The number of carbonyl (C=O) groups is 4. The van der Waals surface area contributed by atoms with Crippen LogP contribution in [-0.4, -0.2) is 70.5 Å². The molecule has 0 spiro atoms. The van der Waals surface area contributed by atoms with Crippen LogP contribution in [0, 0.1) is 12.8 Å². The van der Waals surface area contributed by atoms with Gasteiger partial charge in [0.15, 0.2) is 0 Å². The first-order valence-corrected chi connectivity index (χ1v) is 13.9. The molecule has 5 rings (SSSR count). The Bertz CT molecular complexity index is 1020. The van der Waals surface area contributed by atoms with E-state index >= 15 is 0 Å². The van der Waals surface area contributed by atoms with E-state index in [4.69, 9.17) is 0 Å². The van der Waals surface area contributed by atoms with Crippen LogP contribution in [-0.2, 0) is 24.6 Å². The van der Waals surface area contributed by atoms with Gasteiger partial charge in [0.25, 0.3) is 0 Å². The van der Waals surface area contributed by atoms with Crippen molar-refractivity contribution in [1.82, 2.24) is 14.7 Å². The molecule has 1 atom stereocenters. The predicted octanol–water partition coefficient (Wildman–Crippen LogP) is 3.58. The number of carbonyl (C=O) groups excluding carboxylic acids is 4. The molecule has 1 saturated carbocycles. The van der Waals surface area contributed by atoms with Gasteiger partial charge in [-0.2, -0.15) is 0 Å². The van der Waals surface area contributed by atoms with E-state index in [1.54, 1.807) is 0 Å². The molecular weight excluding hydrogens is 454 g/mol. The summed E-state index contributed by atoms with van der Waals surface area (Å²) in [4.78, 5) is 59.2. The highest BCUT2D eigenvalue weighted by molar-refractivity contribution is 6.11. The zero-order valence-electron chi connectivity index (χ0n) is 21.5. The molecule has 4 amide bonds. The van der Waals surface area contributed by atoms with Crippen LogP contribution >= 0.6 is 0 Å². The molecule has 4 fully saturated rings. The van der Waals surface area contributed by atoms with E-state index in [0.717, 1.165) is 62.7 Å². The number of likely N-dealkylation sites (tertiary alicyclic amines) is 3. The average molecular weight is 494 g/mol. The lowest BCUT2D eigenvalue weighted by Crippen LogP contribution is -2.49. The van der Waals surface area contributed by atoms with Crippen molar-refractivity contribution in [3.63, 3.8) is 0 Å². The molecule has 0 radical (unpaired) electrons. The summed E-state index contributed by atoms with van der Waals surface area (Å²) < 4.78 is 0. The molecule has 3 saturated heterocycles. The third kappa shape index (κ3) is 4.57. The SMILES string of the molecule is Cc1ccccc1[C@@]1(CC(=O)N2CCC(C(=O)N3CCCCC3)CC2)CC(=O)N(C2CCCC2)C1=O. The highest BCUT2D eigenvalue weighted by Gasteiger charge is 2.56. The zero-order chi connectivity index (χ0) is 25.3. The van der Waals surface area contributed by atoms with Crippen molar-refractivity contribution in [3.05, 3.63) is 35.4 Å². The Labute approximate surface area is 214 Å². The molecular formula is C29H39N3O4. The summed E-state index contributed by atoms with van der Waals surface area (Å²) >= 11 is 0. The van der Waals surface area contributed by atoms with Crippen LogP contribution in [0.25, 0.3) is 0 Å². The number of hydrogen-bond acceptors (Lipinski definition) is 4. The summed E-state index contributed by atoms with van der Waals surface area (Å²) in [6.45, 7) is 4.72. The van der Waals surface area contributed by atoms with Crippen LogP contribution in [0.15, 0.2) is 24.3 Å². The lowest BCUT2D eigenvalue weighted by atomic mass is 9.73. The maximum Gasteiger partial charge on any atom is 0.241 e. The lowest BCUT2D eigenvalue weighted by molar-refractivity contribution is -0.145. The highest BCUT2D eigenvalue weighted by Crippen LogP contribution is 2.44. The number of piperidine rings is 2. The summed E-state index contributed by atoms with van der Waals surface area (Å²) in [5.41, 5.74) is 0.598. The number of imide groups is 1. The fourth-order valence-corrected chi connectivity index (χ4v) is 6.97. The molecule has 7 heteroatoms. The van der Waals surface area contributed by atoms with Crippen molar-refractivity contribution in [2.45, 2.75) is 89.0 Å². The molecule has 4 aliphatic rings. The minimum absolute atomic E-state index is 0.0103. The van der Waals surface area contributed by atoms with Crippen LogP contribution < -0.4 is 0 Å². The van der Waals surface area contributed by atoms with Crippen molar-refractivity contribution >= 4 is 23.6 Å². The van der Waals surface area contributed by atoms with Crippen LogP contribution in [0.4, 0.5) is 0 Å². The van der Waals surface area contributed by atoms with Gasteiger partial charge in [0.1, 0.15) is 0 Å². The first-order chi connectivity index (χ1) is 17.4. The van der Waals surface area contributed by atoms with Gasteiger partial charge in [-0.05, 0) is 63.0 Å². The van der Waals surface area contributed by atoms with Gasteiger partial charge < -0.3 is 9.80 Å². The van der Waals surface area contributed by atoms with Crippen molar-refractivity contribution in [3.8, 4) is 0 Å². The van der Waals surface area contributed by atoms with Crippen LogP contribution in [0.3, 0.4) is 0 Å². The molecule has 3 heterocycles. The van der Waals surface area contributed by atoms with Gasteiger partial charge in [-0.1, -0.05) is 37.1 Å². The van der Waals surface area contributed by atoms with Gasteiger partial charge in [-0.3, -0.25) is 24.1 Å². The van der Waals surface area contributed by atoms with Crippen LogP contribution in [0.5, 0.6) is 0 Å². The van der Waals surface area contributed by atoms with Crippen LogP contribution in [0.1, 0.15) is 81.8 Å². The maximum absolute atomic E-state index is 14.0. The first-order valence-electron chi connectivity index (χ1n) is 13.9. The third-order valence-corrected chi connectivity index (χ3v) is 9.02. The van der Waals surface area contributed by atoms with E-state index < -0.39 is 5.41 Å². The fourth-order valence-electron chi connectivity index (χ4n) is 6.97. The standard InChI is InChI=1S/C29H39N3O4/c1-21-9-3-6-12-24(21)29(20-26(34)32(28(29)36)23-10-4-5-11-23)19-25(33)30-17-13-22(14-18-30)27(35)31-15-7-2-8-16-31/h3,6,9,12,22-23H,2,4-5,7-8,10-11,13-20H2,1H3/t29-/m1/s1. The van der Waals surface area contributed by atoms with Gasteiger partial charge in [0, 0.05) is 51.0 Å². The molecule has 1 aromatic rings. The summed E-state index contributed by atoms with van der Waals surface area (Å²) in [7, 11) is 0. The minimum atomic E-state index is -1.14. The van der Waals surface area contributed by atoms with E-state index in [1.165, 1.54) is 11.3 Å².